The van der Waals surface area contributed by atoms with E-state index in [1.54, 1.807) is 0 Å². The Kier molecular flexibility index (Phi) is 5.61. The van der Waals surface area contributed by atoms with Crippen LogP contribution in [-0.4, -0.2) is 16.0 Å². The minimum atomic E-state index is -0.416. The number of carbonyl (C=O) groups is 1. The third kappa shape index (κ3) is 4.39. The Bertz CT molecular complexity index is 920. The molecule has 5 nitrogen and oxygen atoms in total. The summed E-state index contributed by atoms with van der Waals surface area (Å²) in [4.78, 5) is 11.9. The average molecular weight is 364 g/mol. The fourth-order valence-corrected chi connectivity index (χ4v) is 2.67. The van der Waals surface area contributed by atoms with Crippen molar-refractivity contribution in [3.8, 4) is 23.0 Å². The first kappa shape index (κ1) is 18.3. The van der Waals surface area contributed by atoms with Crippen molar-refractivity contribution in [2.45, 2.75) is 20.1 Å². The van der Waals surface area contributed by atoms with Crippen LogP contribution in [0.15, 0.2) is 66.7 Å². The molecule has 0 saturated heterocycles. The van der Waals surface area contributed by atoms with E-state index in [2.05, 4.69) is 0 Å². The van der Waals surface area contributed by atoms with E-state index < -0.39 is 5.78 Å². The lowest BCUT2D eigenvalue weighted by Crippen LogP contribution is -2.04. The second-order valence-corrected chi connectivity index (χ2v) is 6.05. The number of phenols is 2. The molecule has 0 radical (unpaired) electrons. The highest BCUT2D eigenvalue weighted by Gasteiger charge is 2.23. The molecule has 3 aromatic carbocycles. The van der Waals surface area contributed by atoms with Gasteiger partial charge in [-0.15, -0.1) is 0 Å². The lowest BCUT2D eigenvalue weighted by molar-refractivity contribution is 0.100. The molecule has 0 heterocycles. The van der Waals surface area contributed by atoms with Crippen LogP contribution in [0.3, 0.4) is 0 Å². The molecule has 2 N–H and O–H groups in total. The molecule has 0 aromatic heterocycles. The monoisotopic (exact) mass is 364 g/mol. The summed E-state index contributed by atoms with van der Waals surface area (Å²) in [6.07, 6.45) is 0. The highest BCUT2D eigenvalue weighted by molar-refractivity contribution is 6.01. The molecule has 3 rings (SSSR count). The Morgan fingerprint density at radius 3 is 1.89 bits per heavy atom. The van der Waals surface area contributed by atoms with Crippen LogP contribution in [0.4, 0.5) is 0 Å². The van der Waals surface area contributed by atoms with Gasteiger partial charge in [0, 0.05) is 6.07 Å². The van der Waals surface area contributed by atoms with Gasteiger partial charge < -0.3 is 19.7 Å². The van der Waals surface area contributed by atoms with E-state index in [1.165, 1.54) is 13.0 Å². The van der Waals surface area contributed by atoms with Crippen molar-refractivity contribution in [1.82, 2.24) is 0 Å². The third-order valence-electron chi connectivity index (χ3n) is 4.01. The van der Waals surface area contributed by atoms with Gasteiger partial charge in [-0.05, 0) is 18.1 Å². The average Bonchev–Trinajstić information content (AvgIpc) is 2.68. The third-order valence-corrected chi connectivity index (χ3v) is 4.01. The molecule has 0 unspecified atom stereocenters. The second kappa shape index (κ2) is 8.27. The molecule has 0 saturated carbocycles. The number of ketones is 1. The van der Waals surface area contributed by atoms with Gasteiger partial charge in [-0.25, -0.2) is 0 Å². The van der Waals surface area contributed by atoms with Gasteiger partial charge in [0.25, 0.3) is 0 Å². The van der Waals surface area contributed by atoms with E-state index >= 15 is 0 Å². The molecule has 3 aromatic rings. The normalized spacial score (nSPS) is 10.4. The predicted octanol–water partition coefficient (Wildman–Crippen LogP) is 4.46. The van der Waals surface area contributed by atoms with Gasteiger partial charge in [0.2, 0.25) is 5.75 Å². The topological polar surface area (TPSA) is 76.0 Å². The largest absolute Gasteiger partial charge is 0.507 e. The quantitative estimate of drug-likeness (QED) is 0.478. The van der Waals surface area contributed by atoms with Crippen molar-refractivity contribution in [1.29, 1.82) is 0 Å². The molecular weight excluding hydrogens is 344 g/mol. The summed E-state index contributed by atoms with van der Waals surface area (Å²) in [6, 6.07) is 20.0. The maximum Gasteiger partial charge on any atom is 0.201 e. The molecule has 0 aliphatic carbocycles. The van der Waals surface area contributed by atoms with E-state index in [-0.39, 0.29) is 41.8 Å². The minimum Gasteiger partial charge on any atom is -0.507 e. The molecule has 27 heavy (non-hydrogen) atoms. The SMILES string of the molecule is CC(=O)c1c(O)cc(OCc2ccccc2)c(O)c1OCc1ccccc1. The van der Waals surface area contributed by atoms with Gasteiger partial charge in [0.15, 0.2) is 17.3 Å². The summed E-state index contributed by atoms with van der Waals surface area (Å²) >= 11 is 0. The summed E-state index contributed by atoms with van der Waals surface area (Å²) in [5.74, 6) is -1.07. The molecule has 0 fully saturated rings. The number of aromatic hydroxyl groups is 2. The molecular formula is C22H20O5. The maximum atomic E-state index is 11.9. The summed E-state index contributed by atoms with van der Waals surface area (Å²) in [6.45, 7) is 1.63. The number of ether oxygens (including phenoxy) is 2. The van der Waals surface area contributed by atoms with Crippen molar-refractivity contribution in [2.24, 2.45) is 0 Å². The van der Waals surface area contributed by atoms with Crippen LogP contribution < -0.4 is 9.47 Å². The summed E-state index contributed by atoms with van der Waals surface area (Å²) < 4.78 is 11.3. The van der Waals surface area contributed by atoms with Crippen LogP contribution >= 0.6 is 0 Å². The minimum absolute atomic E-state index is 0.0458. The summed E-state index contributed by atoms with van der Waals surface area (Å²) in [7, 11) is 0. The van der Waals surface area contributed by atoms with Gasteiger partial charge in [-0.2, -0.15) is 0 Å². The van der Waals surface area contributed by atoms with Crippen molar-refractivity contribution < 1.29 is 24.5 Å². The van der Waals surface area contributed by atoms with Crippen molar-refractivity contribution in [3.63, 3.8) is 0 Å². The highest BCUT2D eigenvalue weighted by Crippen LogP contribution is 2.45. The number of carbonyl (C=O) groups excluding carboxylic acids is 1. The van der Waals surface area contributed by atoms with Gasteiger partial charge in [0.05, 0.1) is 0 Å². The van der Waals surface area contributed by atoms with Crippen LogP contribution in [0.5, 0.6) is 23.0 Å². The van der Waals surface area contributed by atoms with Crippen LogP contribution in [0.25, 0.3) is 0 Å². The van der Waals surface area contributed by atoms with Gasteiger partial charge in [-0.3, -0.25) is 4.79 Å². The molecule has 0 amide bonds. The Labute approximate surface area is 157 Å². The molecule has 138 valence electrons. The summed E-state index contributed by atoms with van der Waals surface area (Å²) in [5.41, 5.74) is 1.69. The van der Waals surface area contributed by atoms with Gasteiger partial charge in [0.1, 0.15) is 24.5 Å². The lowest BCUT2D eigenvalue weighted by atomic mass is 10.1. The Balaban J connectivity index is 1.89. The number of rotatable bonds is 7. The van der Waals surface area contributed by atoms with Gasteiger partial charge in [-0.1, -0.05) is 60.7 Å². The number of phenolic OH excluding ortho intramolecular Hbond substituents is 2. The van der Waals surface area contributed by atoms with Crippen molar-refractivity contribution >= 4 is 5.78 Å². The highest BCUT2D eigenvalue weighted by atomic mass is 16.5. The van der Waals surface area contributed by atoms with Crippen LogP contribution in [0.1, 0.15) is 28.4 Å². The Hall–Kier alpha value is -3.47. The first-order chi connectivity index (χ1) is 13.1. The van der Waals surface area contributed by atoms with Crippen LogP contribution in [0.2, 0.25) is 0 Å². The van der Waals surface area contributed by atoms with E-state index in [0.29, 0.717) is 0 Å². The zero-order chi connectivity index (χ0) is 19.2. The molecule has 0 spiro atoms. The maximum absolute atomic E-state index is 11.9. The van der Waals surface area contributed by atoms with E-state index in [0.717, 1.165) is 11.1 Å². The first-order valence-corrected chi connectivity index (χ1v) is 8.49. The zero-order valence-corrected chi connectivity index (χ0v) is 14.9. The van der Waals surface area contributed by atoms with Crippen molar-refractivity contribution in [2.75, 3.05) is 0 Å². The molecule has 0 aliphatic heterocycles. The predicted molar refractivity (Wildman–Crippen MR) is 101 cm³/mol. The second-order valence-electron chi connectivity index (χ2n) is 6.05. The Morgan fingerprint density at radius 1 is 0.852 bits per heavy atom. The number of benzene rings is 3. The van der Waals surface area contributed by atoms with E-state index in [9.17, 15) is 15.0 Å². The van der Waals surface area contributed by atoms with Crippen molar-refractivity contribution in [3.05, 3.63) is 83.4 Å². The fraction of sp³-hybridized carbons (Fsp3) is 0.136. The van der Waals surface area contributed by atoms with Crippen LogP contribution in [0, 0.1) is 0 Å². The molecule has 0 atom stereocenters. The molecule has 0 aliphatic rings. The Morgan fingerprint density at radius 2 is 1.37 bits per heavy atom. The number of hydrogen-bond acceptors (Lipinski definition) is 5. The van der Waals surface area contributed by atoms with E-state index in [4.69, 9.17) is 9.47 Å². The lowest BCUT2D eigenvalue weighted by Gasteiger charge is -2.16. The molecule has 0 bridgehead atoms. The number of Topliss-reactive ketones (excluding diaryl/α,β-unsaturated/α-hetero) is 1. The fourth-order valence-electron chi connectivity index (χ4n) is 2.67. The summed E-state index contributed by atoms with van der Waals surface area (Å²) in [5, 5.41) is 20.9. The van der Waals surface area contributed by atoms with E-state index in [1.807, 2.05) is 60.7 Å². The number of hydrogen-bond donors (Lipinski definition) is 2. The standard InChI is InChI=1S/C22H20O5/c1-15(23)20-18(24)12-19(26-13-16-8-4-2-5-9-16)21(25)22(20)27-14-17-10-6-3-7-11-17/h2-12,24-25H,13-14H2,1H3. The first-order valence-electron chi connectivity index (χ1n) is 8.49. The smallest absolute Gasteiger partial charge is 0.201 e. The zero-order valence-electron chi connectivity index (χ0n) is 14.9. The van der Waals surface area contributed by atoms with Gasteiger partial charge >= 0.3 is 0 Å². The van der Waals surface area contributed by atoms with Crippen LogP contribution in [-0.2, 0) is 13.2 Å². The molecule has 5 heteroatoms.